The lowest BCUT2D eigenvalue weighted by molar-refractivity contribution is 0.259. The Hall–Kier alpha value is -2.38. The normalized spacial score (nSPS) is 20.3. The molecule has 7 nitrogen and oxygen atoms in total. The number of hydrogen-bond acceptors (Lipinski definition) is 5. The van der Waals surface area contributed by atoms with Crippen LogP contribution in [0, 0.1) is 0 Å². The summed E-state index contributed by atoms with van der Waals surface area (Å²) in [5.41, 5.74) is 0.853. The van der Waals surface area contributed by atoms with Crippen molar-refractivity contribution in [3.63, 3.8) is 0 Å². The third-order valence-electron chi connectivity index (χ3n) is 5.21. The van der Waals surface area contributed by atoms with E-state index in [1.807, 2.05) is 31.3 Å². The van der Waals surface area contributed by atoms with Gasteiger partial charge >= 0.3 is 0 Å². The van der Waals surface area contributed by atoms with Crippen LogP contribution in [0.2, 0.25) is 5.02 Å². The van der Waals surface area contributed by atoms with Gasteiger partial charge in [0.2, 0.25) is 11.7 Å². The van der Waals surface area contributed by atoms with Gasteiger partial charge in [0.1, 0.15) is 0 Å². The van der Waals surface area contributed by atoms with E-state index in [1.54, 1.807) is 0 Å². The molecule has 0 amide bonds. The average Bonchev–Trinajstić information content (AvgIpc) is 3.46. The van der Waals surface area contributed by atoms with E-state index in [4.69, 9.17) is 16.1 Å². The summed E-state index contributed by atoms with van der Waals surface area (Å²) in [6.45, 7) is 4.87. The fraction of sp³-hybridized carbons (Fsp3) is 0.450. The number of nitrogens with zero attached hydrogens (tertiary/aromatic N) is 5. The highest BCUT2D eigenvalue weighted by Gasteiger charge is 2.29. The Morgan fingerprint density at radius 1 is 1.36 bits per heavy atom. The maximum atomic E-state index is 6.03. The van der Waals surface area contributed by atoms with Gasteiger partial charge in [-0.2, -0.15) is 4.98 Å². The van der Waals surface area contributed by atoms with Gasteiger partial charge in [-0.15, -0.1) is 0 Å². The van der Waals surface area contributed by atoms with Crippen molar-refractivity contribution < 1.29 is 4.52 Å². The van der Waals surface area contributed by atoms with Crippen LogP contribution in [0.3, 0.4) is 0 Å². The fourth-order valence-electron chi connectivity index (χ4n) is 3.74. The van der Waals surface area contributed by atoms with Gasteiger partial charge in [-0.1, -0.05) is 41.0 Å². The van der Waals surface area contributed by atoms with E-state index >= 15 is 0 Å². The zero-order chi connectivity index (χ0) is 19.3. The molecule has 1 saturated heterocycles. The molecule has 2 aliphatic heterocycles. The second-order valence-electron chi connectivity index (χ2n) is 7.06. The number of rotatable bonds is 5. The van der Waals surface area contributed by atoms with E-state index in [1.165, 1.54) is 6.42 Å². The molecule has 148 valence electrons. The van der Waals surface area contributed by atoms with Crippen LogP contribution in [0.15, 0.2) is 45.9 Å². The Labute approximate surface area is 170 Å². The van der Waals surface area contributed by atoms with Crippen LogP contribution in [0.5, 0.6) is 0 Å². The summed E-state index contributed by atoms with van der Waals surface area (Å²) in [4.78, 5) is 13.7. The fourth-order valence-corrected chi connectivity index (χ4v) is 3.93. The highest BCUT2D eigenvalue weighted by atomic mass is 35.5. The third-order valence-corrected chi connectivity index (χ3v) is 5.45. The number of likely N-dealkylation sites (tertiary alicyclic amines) is 1. The van der Waals surface area contributed by atoms with E-state index in [0.29, 0.717) is 35.7 Å². The largest absolute Gasteiger partial charge is 0.356 e. The number of nitrogens with one attached hydrogen (secondary N) is 1. The lowest BCUT2D eigenvalue weighted by Crippen LogP contribution is -2.43. The molecule has 2 aliphatic rings. The van der Waals surface area contributed by atoms with E-state index in [-0.39, 0.29) is 0 Å². The predicted molar refractivity (Wildman–Crippen MR) is 111 cm³/mol. The van der Waals surface area contributed by atoms with E-state index in [0.717, 1.165) is 37.7 Å². The SMILES string of the molecule is CN=C(NCCc1nc(-c2cccc(Cl)c2)no1)N1CCC(N2CC=CC2)C1. The first-order chi connectivity index (χ1) is 13.7. The summed E-state index contributed by atoms with van der Waals surface area (Å²) in [7, 11) is 1.83. The minimum atomic E-state index is 0.559. The van der Waals surface area contributed by atoms with Crippen LogP contribution in [-0.4, -0.2) is 71.7 Å². The summed E-state index contributed by atoms with van der Waals surface area (Å²) < 4.78 is 5.37. The molecule has 1 atom stereocenters. The quantitative estimate of drug-likeness (QED) is 0.472. The van der Waals surface area contributed by atoms with Gasteiger partial charge in [-0.25, -0.2) is 0 Å². The van der Waals surface area contributed by atoms with Gasteiger partial charge in [0.25, 0.3) is 0 Å². The van der Waals surface area contributed by atoms with Crippen LogP contribution in [-0.2, 0) is 6.42 Å². The van der Waals surface area contributed by atoms with Crippen LogP contribution in [0.4, 0.5) is 0 Å². The first kappa shape index (κ1) is 19.0. The van der Waals surface area contributed by atoms with Crippen molar-refractivity contribution in [2.75, 3.05) is 39.8 Å². The molecule has 0 spiro atoms. The third kappa shape index (κ3) is 4.36. The minimum absolute atomic E-state index is 0.559. The van der Waals surface area contributed by atoms with Crippen LogP contribution in [0.25, 0.3) is 11.4 Å². The molecular formula is C20H25ClN6O. The summed E-state index contributed by atoms with van der Waals surface area (Å²) in [6, 6.07) is 8.05. The molecule has 8 heteroatoms. The van der Waals surface area contributed by atoms with Gasteiger partial charge in [0, 0.05) is 62.8 Å². The van der Waals surface area contributed by atoms with Crippen molar-refractivity contribution in [3.05, 3.63) is 47.3 Å². The molecule has 1 N–H and O–H groups in total. The topological polar surface area (TPSA) is 69.8 Å². The molecule has 1 aromatic heterocycles. The summed E-state index contributed by atoms with van der Waals surface area (Å²) >= 11 is 6.03. The van der Waals surface area contributed by atoms with E-state index in [2.05, 4.69) is 42.4 Å². The number of aliphatic imine (C=N–C) groups is 1. The first-order valence-corrected chi connectivity index (χ1v) is 10.0. The molecule has 1 unspecified atom stereocenters. The highest BCUT2D eigenvalue weighted by Crippen LogP contribution is 2.20. The highest BCUT2D eigenvalue weighted by molar-refractivity contribution is 6.30. The first-order valence-electron chi connectivity index (χ1n) is 9.66. The molecule has 3 heterocycles. The lowest BCUT2D eigenvalue weighted by atomic mass is 10.2. The Morgan fingerprint density at radius 2 is 2.21 bits per heavy atom. The zero-order valence-electron chi connectivity index (χ0n) is 16.0. The molecular weight excluding hydrogens is 376 g/mol. The minimum Gasteiger partial charge on any atom is -0.356 e. The molecule has 0 radical (unpaired) electrons. The second kappa shape index (κ2) is 8.75. The summed E-state index contributed by atoms with van der Waals surface area (Å²) in [6.07, 6.45) is 6.31. The molecule has 0 aliphatic carbocycles. The average molecular weight is 401 g/mol. The Balaban J connectivity index is 1.27. The lowest BCUT2D eigenvalue weighted by Gasteiger charge is -2.25. The van der Waals surface area contributed by atoms with Crippen molar-refractivity contribution in [2.24, 2.45) is 4.99 Å². The number of guanidine groups is 1. The van der Waals surface area contributed by atoms with E-state index in [9.17, 15) is 0 Å². The Kier molecular flexibility index (Phi) is 5.92. The maximum absolute atomic E-state index is 6.03. The number of hydrogen-bond donors (Lipinski definition) is 1. The van der Waals surface area contributed by atoms with Gasteiger partial charge in [0.15, 0.2) is 5.96 Å². The zero-order valence-corrected chi connectivity index (χ0v) is 16.8. The van der Waals surface area contributed by atoms with Crippen molar-refractivity contribution >= 4 is 17.6 Å². The molecule has 1 fully saturated rings. The van der Waals surface area contributed by atoms with Crippen molar-refractivity contribution in [1.82, 2.24) is 25.3 Å². The van der Waals surface area contributed by atoms with Crippen molar-refractivity contribution in [1.29, 1.82) is 0 Å². The standard InChI is InChI=1S/C20H25ClN6O/c1-22-20(27-12-8-17(14-27)26-10-2-3-11-26)23-9-7-18-24-19(25-28-18)15-5-4-6-16(21)13-15/h2-6,13,17H,7-12,14H2,1H3,(H,22,23). The van der Waals surface area contributed by atoms with Gasteiger partial charge < -0.3 is 14.7 Å². The Morgan fingerprint density at radius 3 is 3.00 bits per heavy atom. The monoisotopic (exact) mass is 400 g/mol. The molecule has 0 bridgehead atoms. The number of halogens is 1. The molecule has 28 heavy (non-hydrogen) atoms. The van der Waals surface area contributed by atoms with Crippen molar-refractivity contribution in [2.45, 2.75) is 18.9 Å². The molecule has 2 aromatic rings. The van der Waals surface area contributed by atoms with Crippen LogP contribution >= 0.6 is 11.6 Å². The van der Waals surface area contributed by atoms with Gasteiger partial charge in [-0.3, -0.25) is 9.89 Å². The predicted octanol–water partition coefficient (Wildman–Crippen LogP) is 2.45. The maximum Gasteiger partial charge on any atom is 0.228 e. The molecule has 4 rings (SSSR count). The molecule has 0 saturated carbocycles. The number of aromatic nitrogens is 2. The summed E-state index contributed by atoms with van der Waals surface area (Å²) in [5, 5.41) is 8.13. The van der Waals surface area contributed by atoms with Gasteiger partial charge in [-0.05, 0) is 18.6 Å². The van der Waals surface area contributed by atoms with Crippen molar-refractivity contribution in [3.8, 4) is 11.4 Å². The number of benzene rings is 1. The van der Waals surface area contributed by atoms with Crippen LogP contribution < -0.4 is 5.32 Å². The van der Waals surface area contributed by atoms with Crippen LogP contribution in [0.1, 0.15) is 12.3 Å². The Bertz CT molecular complexity index is 856. The van der Waals surface area contributed by atoms with E-state index < -0.39 is 0 Å². The van der Waals surface area contributed by atoms with Gasteiger partial charge in [0.05, 0.1) is 0 Å². The molecule has 1 aromatic carbocycles. The smallest absolute Gasteiger partial charge is 0.228 e. The second-order valence-corrected chi connectivity index (χ2v) is 7.50. The summed E-state index contributed by atoms with van der Waals surface area (Å²) in [5.74, 6) is 2.09.